The quantitative estimate of drug-likeness (QED) is 0.493. The Kier molecular flexibility index (Phi) is 8.22. The first kappa shape index (κ1) is 25.9. The van der Waals surface area contributed by atoms with E-state index in [0.29, 0.717) is 43.0 Å². The molecule has 2 aromatic rings. The van der Waals surface area contributed by atoms with E-state index in [1.165, 1.54) is 13.3 Å². The highest BCUT2D eigenvalue weighted by Crippen LogP contribution is 2.34. The van der Waals surface area contributed by atoms with Gasteiger partial charge < -0.3 is 30.3 Å². The third-order valence-corrected chi connectivity index (χ3v) is 6.51. The van der Waals surface area contributed by atoms with Crippen molar-refractivity contribution >= 4 is 35.3 Å². The van der Waals surface area contributed by atoms with Gasteiger partial charge >= 0.3 is 12.1 Å². The van der Waals surface area contributed by atoms with Gasteiger partial charge in [0, 0.05) is 50.1 Å². The van der Waals surface area contributed by atoms with Crippen LogP contribution in [0.25, 0.3) is 0 Å². The summed E-state index contributed by atoms with van der Waals surface area (Å²) in [5, 5.41) is 15.1. The fourth-order valence-electron chi connectivity index (χ4n) is 4.35. The van der Waals surface area contributed by atoms with Crippen LogP contribution in [-0.4, -0.2) is 72.2 Å². The smallest absolute Gasteiger partial charge is 0.409 e. The van der Waals surface area contributed by atoms with Gasteiger partial charge in [-0.05, 0) is 49.1 Å². The van der Waals surface area contributed by atoms with Gasteiger partial charge in [0.25, 0.3) is 5.91 Å². The van der Waals surface area contributed by atoms with Crippen LogP contribution in [0.1, 0.15) is 47.6 Å². The zero-order valence-corrected chi connectivity index (χ0v) is 20.7. The predicted molar refractivity (Wildman–Crippen MR) is 135 cm³/mol. The third-order valence-electron chi connectivity index (χ3n) is 6.51. The molecule has 1 saturated heterocycles. The van der Waals surface area contributed by atoms with E-state index in [0.717, 1.165) is 24.9 Å². The molecule has 3 N–H and O–H groups in total. The fourth-order valence-corrected chi connectivity index (χ4v) is 4.35. The Labute approximate surface area is 214 Å². The lowest BCUT2D eigenvalue weighted by molar-refractivity contribution is -0.137. The van der Waals surface area contributed by atoms with Crippen molar-refractivity contribution in [3.8, 4) is 0 Å². The molecule has 11 nitrogen and oxygen atoms in total. The van der Waals surface area contributed by atoms with Crippen LogP contribution in [0, 0.1) is 5.92 Å². The van der Waals surface area contributed by atoms with Gasteiger partial charge in [0.05, 0.1) is 30.9 Å². The maximum atomic E-state index is 13.2. The van der Waals surface area contributed by atoms with Gasteiger partial charge in [0.15, 0.2) is 0 Å². The molecular formula is C26H31N5O6. The molecule has 2 aliphatic rings. The second kappa shape index (κ2) is 11.7. The number of hydrogen-bond donors (Lipinski definition) is 3. The highest BCUT2D eigenvalue weighted by atomic mass is 16.5. The second-order valence-electron chi connectivity index (χ2n) is 9.20. The summed E-state index contributed by atoms with van der Waals surface area (Å²) < 4.78 is 4.85. The molecule has 1 atom stereocenters. The van der Waals surface area contributed by atoms with Crippen molar-refractivity contribution < 1.29 is 29.0 Å². The number of carbonyl (C=O) groups excluding carboxylic acids is 3. The number of anilines is 2. The molecule has 2 fully saturated rings. The molecule has 1 aliphatic heterocycles. The van der Waals surface area contributed by atoms with Crippen LogP contribution in [0.4, 0.5) is 16.2 Å². The summed E-state index contributed by atoms with van der Waals surface area (Å²) in [4.78, 5) is 57.0. The topological polar surface area (TPSA) is 141 Å². The molecule has 196 valence electrons. The van der Waals surface area contributed by atoms with E-state index in [2.05, 4.69) is 20.5 Å². The van der Waals surface area contributed by atoms with Crippen molar-refractivity contribution in [2.45, 2.75) is 31.7 Å². The first-order chi connectivity index (χ1) is 17.9. The minimum Gasteiger partial charge on any atom is -0.481 e. The normalized spacial score (nSPS) is 16.4. The van der Waals surface area contributed by atoms with Crippen molar-refractivity contribution in [3.05, 3.63) is 53.9 Å². The lowest BCUT2D eigenvalue weighted by Crippen LogP contribution is -2.35. The number of hydrogen-bond acceptors (Lipinski definition) is 7. The Morgan fingerprint density at radius 3 is 2.62 bits per heavy atom. The van der Waals surface area contributed by atoms with Crippen molar-refractivity contribution in [3.63, 3.8) is 0 Å². The third kappa shape index (κ3) is 6.75. The van der Waals surface area contributed by atoms with Gasteiger partial charge in [-0.15, -0.1) is 0 Å². The number of methoxy groups -OCH3 is 1. The minimum atomic E-state index is -1.05. The van der Waals surface area contributed by atoms with Gasteiger partial charge in [-0.1, -0.05) is 6.07 Å². The summed E-state index contributed by atoms with van der Waals surface area (Å²) in [5.41, 5.74) is 2.14. The largest absolute Gasteiger partial charge is 0.481 e. The number of carboxylic acid groups (broad SMARTS) is 1. The summed E-state index contributed by atoms with van der Waals surface area (Å²) in [6.45, 7) is 2.22. The van der Waals surface area contributed by atoms with Gasteiger partial charge in [-0.25, -0.2) is 4.79 Å². The monoisotopic (exact) mass is 509 g/mol. The number of amides is 3. The van der Waals surface area contributed by atoms with E-state index in [-0.39, 0.29) is 24.3 Å². The highest BCUT2D eigenvalue weighted by molar-refractivity contribution is 6.01. The molecule has 1 aliphatic carbocycles. The van der Waals surface area contributed by atoms with Crippen molar-refractivity contribution in [2.75, 3.05) is 43.5 Å². The summed E-state index contributed by atoms with van der Waals surface area (Å²) in [6.07, 6.45) is 4.81. The number of rotatable bonds is 8. The number of carboxylic acids is 1. The van der Waals surface area contributed by atoms with Crippen LogP contribution < -0.4 is 15.5 Å². The van der Waals surface area contributed by atoms with Crippen LogP contribution in [0.5, 0.6) is 0 Å². The number of aliphatic carboxylic acids is 1. The molecule has 1 aromatic carbocycles. The van der Waals surface area contributed by atoms with Crippen LogP contribution in [-0.2, 0) is 14.3 Å². The van der Waals surface area contributed by atoms with Crippen LogP contribution in [0.2, 0.25) is 0 Å². The van der Waals surface area contributed by atoms with E-state index < -0.39 is 17.9 Å². The molecule has 1 aromatic heterocycles. The van der Waals surface area contributed by atoms with Crippen molar-refractivity contribution in [2.24, 2.45) is 5.92 Å². The van der Waals surface area contributed by atoms with E-state index in [1.807, 2.05) is 0 Å². The number of nitrogens with one attached hydrogen (secondary N) is 2. The van der Waals surface area contributed by atoms with Crippen molar-refractivity contribution in [1.29, 1.82) is 0 Å². The van der Waals surface area contributed by atoms with Gasteiger partial charge in [0.2, 0.25) is 5.91 Å². The highest BCUT2D eigenvalue weighted by Gasteiger charge is 2.31. The van der Waals surface area contributed by atoms with Crippen molar-refractivity contribution in [1.82, 2.24) is 15.2 Å². The number of pyridine rings is 1. The molecular weight excluding hydrogens is 478 g/mol. The molecule has 1 unspecified atom stereocenters. The molecule has 0 radical (unpaired) electrons. The molecule has 37 heavy (non-hydrogen) atoms. The molecule has 11 heteroatoms. The summed E-state index contributed by atoms with van der Waals surface area (Å²) >= 11 is 0. The Morgan fingerprint density at radius 2 is 1.95 bits per heavy atom. The minimum absolute atomic E-state index is 0.0326. The molecule has 3 amide bonds. The molecule has 1 saturated carbocycles. The zero-order chi connectivity index (χ0) is 26.4. The average molecular weight is 510 g/mol. The Balaban J connectivity index is 1.57. The van der Waals surface area contributed by atoms with E-state index in [1.54, 1.807) is 41.4 Å². The molecule has 4 rings (SSSR count). The molecule has 2 heterocycles. The fraction of sp³-hybridized carbons (Fsp3) is 0.423. The van der Waals surface area contributed by atoms with E-state index >= 15 is 0 Å². The average Bonchev–Trinajstić information content (AvgIpc) is 3.76. The number of benzene rings is 1. The Bertz CT molecular complexity index is 1150. The first-order valence-electron chi connectivity index (χ1n) is 12.3. The van der Waals surface area contributed by atoms with Gasteiger partial charge in [-0.2, -0.15) is 0 Å². The van der Waals surface area contributed by atoms with Gasteiger partial charge in [0.1, 0.15) is 0 Å². The summed E-state index contributed by atoms with van der Waals surface area (Å²) in [5.74, 6) is -1.64. The number of ether oxygens (including phenoxy) is 1. The van der Waals surface area contributed by atoms with Gasteiger partial charge in [-0.3, -0.25) is 19.4 Å². The van der Waals surface area contributed by atoms with E-state index in [9.17, 15) is 24.3 Å². The van der Waals surface area contributed by atoms with Crippen LogP contribution >= 0.6 is 0 Å². The molecule has 0 bridgehead atoms. The first-order valence-corrected chi connectivity index (χ1v) is 12.3. The lowest BCUT2D eigenvalue weighted by Gasteiger charge is -2.26. The van der Waals surface area contributed by atoms with E-state index in [4.69, 9.17) is 4.74 Å². The SMILES string of the molecule is COC(=O)N1CCCN(c2ccc(C(=O)NC(CC(=O)O)c3cccnc3)cc2NC(=O)C2CC2)CC1. The maximum absolute atomic E-state index is 13.2. The second-order valence-corrected chi connectivity index (χ2v) is 9.20. The molecule has 0 spiro atoms. The number of nitrogens with zero attached hydrogens (tertiary/aromatic N) is 3. The Morgan fingerprint density at radius 1 is 1.14 bits per heavy atom. The standard InChI is InChI=1S/C26H31N5O6/c1-37-26(36)31-11-3-10-30(12-13-31)22-8-7-18(14-21(22)29-24(34)17-5-6-17)25(35)28-20(15-23(32)33)19-4-2-9-27-16-19/h2,4,7-9,14,16-17,20H,3,5-6,10-13,15H2,1H3,(H,28,35)(H,29,34)(H,32,33). The summed E-state index contributed by atoms with van der Waals surface area (Å²) in [6, 6.07) is 7.68. The Hall–Kier alpha value is -4.15. The number of aromatic nitrogens is 1. The van der Waals surface area contributed by atoms with Crippen LogP contribution in [0.3, 0.4) is 0 Å². The maximum Gasteiger partial charge on any atom is 0.409 e. The summed E-state index contributed by atoms with van der Waals surface area (Å²) in [7, 11) is 1.36. The predicted octanol–water partition coefficient (Wildman–Crippen LogP) is 2.65. The number of carbonyl (C=O) groups is 4. The van der Waals surface area contributed by atoms with Crippen LogP contribution in [0.15, 0.2) is 42.7 Å². The zero-order valence-electron chi connectivity index (χ0n) is 20.7. The lowest BCUT2D eigenvalue weighted by atomic mass is 10.0.